The Kier molecular flexibility index (Phi) is 6.64. The van der Waals surface area contributed by atoms with Crippen LogP contribution in [0.3, 0.4) is 0 Å². The Morgan fingerprint density at radius 1 is 1.15 bits per heavy atom. The molecule has 1 N–H and O–H groups in total. The van der Waals surface area contributed by atoms with Crippen LogP contribution in [0.4, 0.5) is 5.69 Å². The van der Waals surface area contributed by atoms with E-state index in [4.69, 9.17) is 21.1 Å². The number of nitrogens with one attached hydrogen (secondary N) is 1. The molecule has 6 heteroatoms. The van der Waals surface area contributed by atoms with Crippen LogP contribution >= 0.6 is 11.6 Å². The van der Waals surface area contributed by atoms with Gasteiger partial charge in [-0.15, -0.1) is 0 Å². The Morgan fingerprint density at radius 3 is 2.50 bits per heavy atom. The minimum absolute atomic E-state index is 0.212. The standard InChI is InChI=1S/C20H22ClNO4/c1-5-25-20(24)16-8-7-15(11-17(16)21)22-19(23)14(4)26-18-9-6-12(2)10-13(18)3/h6-11,14H,5H2,1-4H3,(H,22,23)/t14-/m1/s1. The zero-order chi connectivity index (χ0) is 19.3. The van der Waals surface area contributed by atoms with E-state index in [2.05, 4.69) is 5.32 Å². The number of anilines is 1. The van der Waals surface area contributed by atoms with E-state index < -0.39 is 12.1 Å². The van der Waals surface area contributed by atoms with Crippen molar-refractivity contribution >= 4 is 29.2 Å². The molecule has 0 unspecified atom stereocenters. The number of carbonyl (C=O) groups is 2. The molecule has 0 saturated heterocycles. The molecule has 1 amide bonds. The third-order valence-corrected chi connectivity index (χ3v) is 4.05. The van der Waals surface area contributed by atoms with Gasteiger partial charge in [-0.25, -0.2) is 4.79 Å². The van der Waals surface area contributed by atoms with E-state index in [1.807, 2.05) is 32.0 Å². The van der Waals surface area contributed by atoms with Gasteiger partial charge < -0.3 is 14.8 Å². The Labute approximate surface area is 158 Å². The number of hydrogen-bond acceptors (Lipinski definition) is 4. The Balaban J connectivity index is 2.04. The van der Waals surface area contributed by atoms with Gasteiger partial charge in [0.2, 0.25) is 0 Å². The summed E-state index contributed by atoms with van der Waals surface area (Å²) in [5, 5.41) is 2.94. The number of aryl methyl sites for hydroxylation is 2. The Bertz CT molecular complexity index is 819. The summed E-state index contributed by atoms with van der Waals surface area (Å²) in [7, 11) is 0. The molecule has 138 valence electrons. The molecule has 2 aromatic carbocycles. The second kappa shape index (κ2) is 8.72. The topological polar surface area (TPSA) is 64.6 Å². The van der Waals surface area contributed by atoms with Gasteiger partial charge in [-0.1, -0.05) is 29.3 Å². The van der Waals surface area contributed by atoms with Gasteiger partial charge in [-0.3, -0.25) is 4.79 Å². The molecule has 0 aliphatic heterocycles. The molecule has 0 aromatic heterocycles. The summed E-state index contributed by atoms with van der Waals surface area (Å²) in [6.07, 6.45) is -0.695. The first-order chi connectivity index (χ1) is 12.3. The van der Waals surface area contributed by atoms with Crippen LogP contribution in [0.15, 0.2) is 36.4 Å². The number of benzene rings is 2. The Morgan fingerprint density at radius 2 is 1.88 bits per heavy atom. The molecule has 0 aliphatic rings. The van der Waals surface area contributed by atoms with E-state index in [9.17, 15) is 9.59 Å². The predicted octanol–water partition coefficient (Wildman–Crippen LogP) is 4.54. The molecule has 0 fully saturated rings. The number of hydrogen-bond donors (Lipinski definition) is 1. The number of ether oxygens (including phenoxy) is 2. The van der Waals surface area contributed by atoms with Crippen LogP contribution in [-0.2, 0) is 9.53 Å². The lowest BCUT2D eigenvalue weighted by Gasteiger charge is -2.17. The van der Waals surface area contributed by atoms with Crippen molar-refractivity contribution in [2.75, 3.05) is 11.9 Å². The molecule has 2 aromatic rings. The first kappa shape index (κ1) is 19.8. The van der Waals surface area contributed by atoms with Crippen molar-refractivity contribution in [3.05, 3.63) is 58.1 Å². The van der Waals surface area contributed by atoms with Crippen molar-refractivity contribution < 1.29 is 19.1 Å². The molecule has 5 nitrogen and oxygen atoms in total. The fourth-order valence-electron chi connectivity index (χ4n) is 2.39. The lowest BCUT2D eigenvalue weighted by molar-refractivity contribution is -0.122. The summed E-state index contributed by atoms with van der Waals surface area (Å²) in [6, 6.07) is 10.4. The molecule has 0 spiro atoms. The van der Waals surface area contributed by atoms with Crippen LogP contribution in [0.2, 0.25) is 5.02 Å². The van der Waals surface area contributed by atoms with Gasteiger partial charge in [-0.2, -0.15) is 0 Å². The average Bonchev–Trinajstić information content (AvgIpc) is 2.57. The highest BCUT2D eigenvalue weighted by Gasteiger charge is 2.17. The van der Waals surface area contributed by atoms with E-state index in [1.54, 1.807) is 19.9 Å². The summed E-state index contributed by atoms with van der Waals surface area (Å²) in [6.45, 7) is 7.58. The normalized spacial score (nSPS) is 11.6. The van der Waals surface area contributed by atoms with E-state index >= 15 is 0 Å². The minimum Gasteiger partial charge on any atom is -0.481 e. The maximum absolute atomic E-state index is 12.4. The van der Waals surface area contributed by atoms with Gasteiger partial charge in [-0.05, 0) is 57.5 Å². The van der Waals surface area contributed by atoms with Crippen LogP contribution in [0.1, 0.15) is 35.3 Å². The van der Waals surface area contributed by atoms with Crippen LogP contribution in [0.5, 0.6) is 5.75 Å². The van der Waals surface area contributed by atoms with E-state index in [0.29, 0.717) is 11.4 Å². The first-order valence-electron chi connectivity index (χ1n) is 8.33. The molecule has 2 rings (SSSR count). The molecule has 0 aliphatic carbocycles. The van der Waals surface area contributed by atoms with Crippen molar-refractivity contribution in [2.24, 2.45) is 0 Å². The van der Waals surface area contributed by atoms with Crippen LogP contribution < -0.4 is 10.1 Å². The van der Waals surface area contributed by atoms with E-state index in [0.717, 1.165) is 11.1 Å². The maximum atomic E-state index is 12.4. The quantitative estimate of drug-likeness (QED) is 0.753. The number of carbonyl (C=O) groups excluding carboxylic acids is 2. The number of halogens is 1. The monoisotopic (exact) mass is 375 g/mol. The number of rotatable bonds is 6. The second-order valence-corrected chi connectivity index (χ2v) is 6.34. The van der Waals surface area contributed by atoms with Crippen molar-refractivity contribution in [3.63, 3.8) is 0 Å². The molecule has 1 atom stereocenters. The number of esters is 1. The highest BCUT2D eigenvalue weighted by Crippen LogP contribution is 2.23. The second-order valence-electron chi connectivity index (χ2n) is 5.93. The van der Waals surface area contributed by atoms with Crippen molar-refractivity contribution in [3.8, 4) is 5.75 Å². The fourth-order valence-corrected chi connectivity index (χ4v) is 2.64. The van der Waals surface area contributed by atoms with Crippen molar-refractivity contribution in [1.29, 1.82) is 0 Å². The van der Waals surface area contributed by atoms with Gasteiger partial charge >= 0.3 is 5.97 Å². The molecule has 0 radical (unpaired) electrons. The average molecular weight is 376 g/mol. The smallest absolute Gasteiger partial charge is 0.339 e. The molecule has 0 bridgehead atoms. The Hall–Kier alpha value is -2.53. The molecule has 26 heavy (non-hydrogen) atoms. The first-order valence-corrected chi connectivity index (χ1v) is 8.71. The minimum atomic E-state index is -0.695. The SMILES string of the molecule is CCOC(=O)c1ccc(NC(=O)[C@@H](C)Oc2ccc(C)cc2C)cc1Cl. The van der Waals surface area contributed by atoms with Crippen molar-refractivity contribution in [2.45, 2.75) is 33.8 Å². The zero-order valence-electron chi connectivity index (χ0n) is 15.3. The highest BCUT2D eigenvalue weighted by molar-refractivity contribution is 6.34. The third-order valence-electron chi connectivity index (χ3n) is 3.74. The van der Waals surface area contributed by atoms with Crippen LogP contribution in [0, 0.1) is 13.8 Å². The van der Waals surface area contributed by atoms with Gasteiger partial charge in [0.15, 0.2) is 6.10 Å². The summed E-state index contributed by atoms with van der Waals surface area (Å²) in [5.41, 5.74) is 2.82. The van der Waals surface area contributed by atoms with Gasteiger partial charge in [0, 0.05) is 5.69 Å². The highest BCUT2D eigenvalue weighted by atomic mass is 35.5. The largest absolute Gasteiger partial charge is 0.481 e. The molecular formula is C20H22ClNO4. The fraction of sp³-hybridized carbons (Fsp3) is 0.300. The van der Waals surface area contributed by atoms with Crippen LogP contribution in [0.25, 0.3) is 0 Å². The van der Waals surface area contributed by atoms with E-state index in [-0.39, 0.29) is 23.1 Å². The summed E-state index contributed by atoms with van der Waals surface area (Å²) in [5.74, 6) is -0.152. The lowest BCUT2D eigenvalue weighted by atomic mass is 10.1. The van der Waals surface area contributed by atoms with Gasteiger partial charge in [0.1, 0.15) is 5.75 Å². The third kappa shape index (κ3) is 4.99. The zero-order valence-corrected chi connectivity index (χ0v) is 16.0. The molecular weight excluding hydrogens is 354 g/mol. The molecule has 0 saturated carbocycles. The summed E-state index contributed by atoms with van der Waals surface area (Å²) < 4.78 is 10.7. The maximum Gasteiger partial charge on any atom is 0.339 e. The van der Waals surface area contributed by atoms with Gasteiger partial charge in [0.25, 0.3) is 5.91 Å². The number of amides is 1. The van der Waals surface area contributed by atoms with E-state index in [1.165, 1.54) is 12.1 Å². The molecule has 0 heterocycles. The predicted molar refractivity (Wildman–Crippen MR) is 102 cm³/mol. The lowest BCUT2D eigenvalue weighted by Crippen LogP contribution is -2.30. The summed E-state index contributed by atoms with van der Waals surface area (Å²) in [4.78, 5) is 24.1. The summed E-state index contributed by atoms with van der Waals surface area (Å²) >= 11 is 6.10. The van der Waals surface area contributed by atoms with Gasteiger partial charge in [0.05, 0.1) is 17.2 Å². The van der Waals surface area contributed by atoms with Crippen LogP contribution in [-0.4, -0.2) is 24.6 Å². The van der Waals surface area contributed by atoms with Crippen molar-refractivity contribution in [1.82, 2.24) is 0 Å².